The molecule has 0 bridgehead atoms. The van der Waals surface area contributed by atoms with Gasteiger partial charge in [-0.2, -0.15) is 5.26 Å². The Kier molecular flexibility index (Phi) is 2.58. The van der Waals surface area contributed by atoms with Crippen LogP contribution in [0.5, 0.6) is 0 Å². The standard InChI is InChI=1S/C17H15N3S/c1-9-6-14-15(7-10(9)2)20-16(19-14)13(8-18)11(3)12-4-5-21-17(12)20/h6-7H,4-5H2,1-3H3. The number of aromatic nitrogens is 2. The summed E-state index contributed by atoms with van der Waals surface area (Å²) in [6.07, 6.45) is 1.04. The van der Waals surface area contributed by atoms with Crippen molar-refractivity contribution in [2.75, 3.05) is 5.75 Å². The van der Waals surface area contributed by atoms with Crippen LogP contribution in [0.25, 0.3) is 16.7 Å². The number of nitrogens with zero attached hydrogens (tertiary/aromatic N) is 3. The minimum absolute atomic E-state index is 0.725. The van der Waals surface area contributed by atoms with Crippen LogP contribution in [0.2, 0.25) is 0 Å². The molecule has 4 rings (SSSR count). The molecule has 3 aromatic rings. The van der Waals surface area contributed by atoms with E-state index in [1.807, 2.05) is 11.8 Å². The fraction of sp³-hybridized carbons (Fsp3) is 0.294. The van der Waals surface area contributed by atoms with Crippen LogP contribution in [0.4, 0.5) is 0 Å². The van der Waals surface area contributed by atoms with Crippen LogP contribution < -0.4 is 0 Å². The Bertz CT molecular complexity index is 960. The molecule has 4 heteroatoms. The van der Waals surface area contributed by atoms with Crippen molar-refractivity contribution in [3.8, 4) is 6.07 Å². The Labute approximate surface area is 127 Å². The molecule has 3 nitrogen and oxygen atoms in total. The van der Waals surface area contributed by atoms with E-state index in [9.17, 15) is 5.26 Å². The topological polar surface area (TPSA) is 41.1 Å². The third-order valence-corrected chi connectivity index (χ3v) is 5.60. The molecule has 2 aromatic heterocycles. The van der Waals surface area contributed by atoms with E-state index in [0.29, 0.717) is 0 Å². The summed E-state index contributed by atoms with van der Waals surface area (Å²) in [5.74, 6) is 1.09. The second-order valence-corrected chi connectivity index (χ2v) is 6.77. The molecular formula is C17H15N3S. The molecule has 3 heterocycles. The van der Waals surface area contributed by atoms with E-state index < -0.39 is 0 Å². The minimum atomic E-state index is 0.725. The van der Waals surface area contributed by atoms with E-state index in [1.54, 1.807) is 0 Å². The monoisotopic (exact) mass is 293 g/mol. The number of fused-ring (bicyclic) bond motifs is 5. The average Bonchev–Trinajstić information content (AvgIpc) is 3.04. The van der Waals surface area contributed by atoms with Crippen molar-refractivity contribution in [3.05, 3.63) is 39.9 Å². The Morgan fingerprint density at radius 1 is 1.24 bits per heavy atom. The summed E-state index contributed by atoms with van der Waals surface area (Å²) >= 11 is 1.87. The van der Waals surface area contributed by atoms with Gasteiger partial charge in [-0.05, 0) is 61.6 Å². The molecule has 0 saturated carbocycles. The summed E-state index contributed by atoms with van der Waals surface area (Å²) in [5.41, 5.74) is 8.57. The van der Waals surface area contributed by atoms with E-state index in [4.69, 9.17) is 4.98 Å². The molecule has 1 aromatic carbocycles. The van der Waals surface area contributed by atoms with Crippen LogP contribution >= 0.6 is 11.8 Å². The van der Waals surface area contributed by atoms with Crippen LogP contribution in [0.3, 0.4) is 0 Å². The van der Waals surface area contributed by atoms with Crippen LogP contribution in [-0.2, 0) is 6.42 Å². The number of rotatable bonds is 0. The molecule has 1 aliphatic rings. The van der Waals surface area contributed by atoms with Crippen LogP contribution in [0.15, 0.2) is 17.2 Å². The van der Waals surface area contributed by atoms with E-state index in [-0.39, 0.29) is 0 Å². The van der Waals surface area contributed by atoms with Gasteiger partial charge in [0.2, 0.25) is 0 Å². The average molecular weight is 293 g/mol. The smallest absolute Gasteiger partial charge is 0.157 e. The first-order valence-electron chi connectivity index (χ1n) is 7.09. The molecule has 0 saturated heterocycles. The lowest BCUT2D eigenvalue weighted by Crippen LogP contribution is -2.00. The Balaban J connectivity index is 2.30. The molecule has 0 unspecified atom stereocenters. The molecule has 104 valence electrons. The van der Waals surface area contributed by atoms with E-state index in [0.717, 1.165) is 40.0 Å². The zero-order valence-corrected chi connectivity index (χ0v) is 13.1. The van der Waals surface area contributed by atoms with Crippen molar-refractivity contribution >= 4 is 28.4 Å². The molecular weight excluding hydrogens is 278 g/mol. The first kappa shape index (κ1) is 12.7. The molecule has 0 amide bonds. The van der Waals surface area contributed by atoms with Crippen molar-refractivity contribution in [1.82, 2.24) is 9.38 Å². The lowest BCUT2D eigenvalue weighted by atomic mass is 10.0. The predicted octanol–water partition coefficient (Wildman–Crippen LogP) is 3.93. The molecule has 0 aliphatic carbocycles. The van der Waals surface area contributed by atoms with Crippen molar-refractivity contribution in [1.29, 1.82) is 5.26 Å². The van der Waals surface area contributed by atoms with Crippen LogP contribution in [0.1, 0.15) is 27.8 Å². The highest BCUT2D eigenvalue weighted by Crippen LogP contribution is 2.38. The van der Waals surface area contributed by atoms with Gasteiger partial charge < -0.3 is 0 Å². The van der Waals surface area contributed by atoms with E-state index in [1.165, 1.54) is 21.7 Å². The predicted molar refractivity (Wildman–Crippen MR) is 86.1 cm³/mol. The summed E-state index contributed by atoms with van der Waals surface area (Å²) in [6, 6.07) is 6.69. The summed E-state index contributed by atoms with van der Waals surface area (Å²) in [7, 11) is 0. The minimum Gasteiger partial charge on any atom is -0.286 e. The highest BCUT2D eigenvalue weighted by Gasteiger charge is 2.24. The van der Waals surface area contributed by atoms with Crippen molar-refractivity contribution in [3.63, 3.8) is 0 Å². The fourth-order valence-corrected chi connectivity index (χ4v) is 4.39. The maximum Gasteiger partial charge on any atom is 0.157 e. The van der Waals surface area contributed by atoms with Gasteiger partial charge in [0.05, 0.1) is 21.6 Å². The fourth-order valence-electron chi connectivity index (χ4n) is 3.15. The summed E-state index contributed by atoms with van der Waals surface area (Å²) in [5, 5.41) is 10.8. The van der Waals surface area contributed by atoms with Gasteiger partial charge in [0.1, 0.15) is 6.07 Å². The number of nitriles is 1. The summed E-state index contributed by atoms with van der Waals surface area (Å²) in [6.45, 7) is 6.29. The van der Waals surface area contributed by atoms with Gasteiger partial charge >= 0.3 is 0 Å². The van der Waals surface area contributed by atoms with Gasteiger partial charge in [-0.25, -0.2) is 4.98 Å². The van der Waals surface area contributed by atoms with Gasteiger partial charge in [0, 0.05) is 5.75 Å². The third kappa shape index (κ3) is 1.58. The van der Waals surface area contributed by atoms with Crippen molar-refractivity contribution in [2.45, 2.75) is 32.2 Å². The Morgan fingerprint density at radius 3 is 2.76 bits per heavy atom. The molecule has 0 atom stereocenters. The normalized spacial score (nSPS) is 13.8. The van der Waals surface area contributed by atoms with Gasteiger partial charge in [-0.1, -0.05) is 0 Å². The first-order chi connectivity index (χ1) is 10.1. The van der Waals surface area contributed by atoms with Gasteiger partial charge in [-0.15, -0.1) is 11.8 Å². The van der Waals surface area contributed by atoms with Gasteiger partial charge in [0.15, 0.2) is 5.65 Å². The largest absolute Gasteiger partial charge is 0.286 e. The second-order valence-electron chi connectivity index (χ2n) is 5.69. The molecule has 0 spiro atoms. The lowest BCUT2D eigenvalue weighted by molar-refractivity contribution is 0.976. The molecule has 1 aliphatic heterocycles. The summed E-state index contributed by atoms with van der Waals surface area (Å²) in [4.78, 5) is 4.75. The molecule has 21 heavy (non-hydrogen) atoms. The van der Waals surface area contributed by atoms with Crippen molar-refractivity contribution < 1.29 is 0 Å². The second kappa shape index (κ2) is 4.25. The van der Waals surface area contributed by atoms with Gasteiger partial charge in [0.25, 0.3) is 0 Å². The maximum atomic E-state index is 9.57. The Hall–Kier alpha value is -1.99. The van der Waals surface area contributed by atoms with Crippen LogP contribution in [-0.4, -0.2) is 15.1 Å². The zero-order chi connectivity index (χ0) is 14.7. The molecule has 0 N–H and O–H groups in total. The third-order valence-electron chi connectivity index (χ3n) is 4.49. The van der Waals surface area contributed by atoms with E-state index >= 15 is 0 Å². The number of hydrogen-bond acceptors (Lipinski definition) is 3. The number of aryl methyl sites for hydroxylation is 2. The van der Waals surface area contributed by atoms with Crippen LogP contribution in [0, 0.1) is 32.1 Å². The van der Waals surface area contributed by atoms with Gasteiger partial charge in [-0.3, -0.25) is 4.40 Å². The summed E-state index contributed by atoms with van der Waals surface area (Å²) < 4.78 is 2.19. The van der Waals surface area contributed by atoms with E-state index in [2.05, 4.69) is 43.4 Å². The number of thioether (sulfide) groups is 1. The highest BCUT2D eigenvalue weighted by atomic mass is 32.2. The maximum absolute atomic E-state index is 9.57. The zero-order valence-electron chi connectivity index (χ0n) is 12.3. The lowest BCUT2D eigenvalue weighted by Gasteiger charge is -2.10. The molecule has 0 fully saturated rings. The number of imidazole rings is 1. The Morgan fingerprint density at radius 2 is 2.00 bits per heavy atom. The quantitative estimate of drug-likeness (QED) is 0.630. The number of hydrogen-bond donors (Lipinski definition) is 0. The number of benzene rings is 1. The molecule has 0 radical (unpaired) electrons. The van der Waals surface area contributed by atoms with Crippen molar-refractivity contribution in [2.24, 2.45) is 0 Å². The highest BCUT2D eigenvalue weighted by molar-refractivity contribution is 7.99. The first-order valence-corrected chi connectivity index (χ1v) is 8.08. The SMILES string of the molecule is Cc1cc2nc3c(C#N)c(C)c4c(n3c2cc1C)SCC4. The number of pyridine rings is 1.